The zero-order chi connectivity index (χ0) is 18.3. The van der Waals surface area contributed by atoms with Gasteiger partial charge in [0.2, 0.25) is 0 Å². The minimum Gasteiger partial charge on any atom is -0.423 e. The molecule has 4 aromatic rings. The highest BCUT2D eigenvalue weighted by molar-refractivity contribution is 5.82. The lowest BCUT2D eigenvalue weighted by molar-refractivity contribution is 0.556. The fraction of sp³-hybridized carbons (Fsp3) is 0.182. The number of hydrogen-bond donors (Lipinski definition) is 0. The number of rotatable bonds is 3. The maximum Gasteiger partial charge on any atom is 0.336 e. The number of benzene rings is 2. The lowest BCUT2D eigenvalue weighted by Crippen LogP contribution is -2.05. The number of fused-ring (bicyclic) bond motifs is 2. The zero-order valence-electron chi connectivity index (χ0n) is 14.7. The Labute approximate surface area is 149 Å². The van der Waals surface area contributed by atoms with Crippen LogP contribution in [-0.4, -0.2) is 0 Å². The van der Waals surface area contributed by atoms with Crippen molar-refractivity contribution in [1.82, 2.24) is 0 Å². The second-order valence-electron chi connectivity index (χ2n) is 6.68. The van der Waals surface area contributed by atoms with Gasteiger partial charge in [-0.1, -0.05) is 24.3 Å². The van der Waals surface area contributed by atoms with Crippen molar-refractivity contribution >= 4 is 21.9 Å². The second-order valence-corrected chi connectivity index (χ2v) is 6.68. The van der Waals surface area contributed by atoms with Gasteiger partial charge in [-0.2, -0.15) is 0 Å². The highest BCUT2D eigenvalue weighted by Gasteiger charge is 2.10. The van der Waals surface area contributed by atoms with Gasteiger partial charge in [-0.05, 0) is 61.1 Å². The summed E-state index contributed by atoms with van der Waals surface area (Å²) in [6, 6.07) is 14.8. The minimum atomic E-state index is -0.355. The zero-order valence-corrected chi connectivity index (χ0v) is 14.7. The summed E-state index contributed by atoms with van der Waals surface area (Å²) in [6.45, 7) is 3.92. The van der Waals surface area contributed by atoms with Gasteiger partial charge in [0.25, 0.3) is 0 Å². The van der Waals surface area contributed by atoms with Gasteiger partial charge in [-0.3, -0.25) is 0 Å². The first kappa shape index (κ1) is 16.3. The molecule has 0 aliphatic carbocycles. The molecule has 0 amide bonds. The maximum absolute atomic E-state index is 11.9. The van der Waals surface area contributed by atoms with E-state index in [1.54, 1.807) is 0 Å². The third-order valence-electron chi connectivity index (χ3n) is 4.64. The van der Waals surface area contributed by atoms with Crippen molar-refractivity contribution in [3.63, 3.8) is 0 Å². The van der Waals surface area contributed by atoms with Crippen molar-refractivity contribution < 1.29 is 8.83 Å². The summed E-state index contributed by atoms with van der Waals surface area (Å²) in [5.74, 6) is 0. The monoisotopic (exact) mass is 346 g/mol. The Kier molecular flexibility index (Phi) is 3.96. The summed E-state index contributed by atoms with van der Waals surface area (Å²) >= 11 is 0. The van der Waals surface area contributed by atoms with E-state index in [9.17, 15) is 9.59 Å². The molecule has 0 fully saturated rings. The van der Waals surface area contributed by atoms with Gasteiger partial charge in [0, 0.05) is 22.9 Å². The molecule has 0 N–H and O–H groups in total. The van der Waals surface area contributed by atoms with Crippen LogP contribution in [0.2, 0.25) is 0 Å². The molecule has 0 radical (unpaired) electrons. The molecule has 130 valence electrons. The molecular weight excluding hydrogens is 328 g/mol. The maximum atomic E-state index is 11.9. The molecule has 2 aromatic carbocycles. The van der Waals surface area contributed by atoms with Crippen LogP contribution >= 0.6 is 0 Å². The van der Waals surface area contributed by atoms with Gasteiger partial charge in [-0.25, -0.2) is 9.59 Å². The molecule has 0 saturated heterocycles. The first-order valence-electron chi connectivity index (χ1n) is 8.56. The van der Waals surface area contributed by atoms with Gasteiger partial charge < -0.3 is 8.83 Å². The topological polar surface area (TPSA) is 60.4 Å². The Bertz CT molecular complexity index is 1150. The van der Waals surface area contributed by atoms with E-state index in [4.69, 9.17) is 8.83 Å². The van der Waals surface area contributed by atoms with Gasteiger partial charge >= 0.3 is 11.3 Å². The quantitative estimate of drug-likeness (QED) is 0.519. The average Bonchev–Trinajstić information content (AvgIpc) is 2.58. The van der Waals surface area contributed by atoms with Crippen LogP contribution in [0.1, 0.15) is 22.3 Å². The van der Waals surface area contributed by atoms with Crippen molar-refractivity contribution in [2.75, 3.05) is 0 Å². The molecule has 4 nitrogen and oxygen atoms in total. The predicted octanol–water partition coefficient (Wildman–Crippen LogP) is 4.30. The summed E-state index contributed by atoms with van der Waals surface area (Å²) in [7, 11) is 0. The average molecular weight is 346 g/mol. The predicted molar refractivity (Wildman–Crippen MR) is 102 cm³/mol. The third kappa shape index (κ3) is 3.06. The summed E-state index contributed by atoms with van der Waals surface area (Å²) in [5.41, 5.74) is 4.41. The van der Waals surface area contributed by atoms with E-state index in [0.717, 1.165) is 33.0 Å². The molecule has 4 heteroatoms. The van der Waals surface area contributed by atoms with Crippen LogP contribution in [0.3, 0.4) is 0 Å². The Morgan fingerprint density at radius 2 is 1.08 bits per heavy atom. The van der Waals surface area contributed by atoms with Crippen LogP contribution in [0.5, 0.6) is 0 Å². The first-order chi connectivity index (χ1) is 12.5. The van der Waals surface area contributed by atoms with E-state index in [0.29, 0.717) is 24.0 Å². The summed E-state index contributed by atoms with van der Waals surface area (Å²) < 4.78 is 10.6. The van der Waals surface area contributed by atoms with E-state index in [1.807, 2.05) is 50.2 Å². The van der Waals surface area contributed by atoms with Crippen LogP contribution in [0.4, 0.5) is 0 Å². The van der Waals surface area contributed by atoms with E-state index >= 15 is 0 Å². The molecule has 0 unspecified atom stereocenters. The number of hydrogen-bond acceptors (Lipinski definition) is 4. The normalized spacial score (nSPS) is 11.3. The van der Waals surface area contributed by atoms with E-state index in [-0.39, 0.29) is 11.3 Å². The highest BCUT2D eigenvalue weighted by atomic mass is 16.4. The van der Waals surface area contributed by atoms with Crippen LogP contribution in [0.25, 0.3) is 21.9 Å². The van der Waals surface area contributed by atoms with E-state index in [1.165, 1.54) is 12.1 Å². The van der Waals surface area contributed by atoms with Crippen molar-refractivity contribution in [2.24, 2.45) is 0 Å². The van der Waals surface area contributed by atoms with Crippen LogP contribution in [0.15, 0.2) is 67.0 Å². The van der Waals surface area contributed by atoms with E-state index < -0.39 is 0 Å². The fourth-order valence-corrected chi connectivity index (χ4v) is 3.36. The molecule has 26 heavy (non-hydrogen) atoms. The Hall–Kier alpha value is -3.14. The van der Waals surface area contributed by atoms with Crippen molar-refractivity contribution in [2.45, 2.75) is 26.7 Å². The molecule has 2 aromatic heterocycles. The van der Waals surface area contributed by atoms with Crippen molar-refractivity contribution in [1.29, 1.82) is 0 Å². The minimum absolute atomic E-state index is 0.355. The Balaban J connectivity index is 1.76. The molecule has 0 saturated carbocycles. The largest absolute Gasteiger partial charge is 0.423 e. The third-order valence-corrected chi connectivity index (χ3v) is 4.64. The van der Waals surface area contributed by atoms with Crippen LogP contribution in [0, 0.1) is 13.8 Å². The van der Waals surface area contributed by atoms with Gasteiger partial charge in [-0.15, -0.1) is 0 Å². The molecule has 0 aliphatic heterocycles. The second kappa shape index (κ2) is 6.30. The van der Waals surface area contributed by atoms with Gasteiger partial charge in [0.05, 0.1) is 0 Å². The molecule has 4 rings (SSSR count). The lowest BCUT2D eigenvalue weighted by Gasteiger charge is -2.08. The number of aryl methyl sites for hydroxylation is 4. The smallest absolute Gasteiger partial charge is 0.336 e. The molecule has 0 spiro atoms. The summed E-state index contributed by atoms with van der Waals surface area (Å²) in [6.07, 6.45) is 1.27. The van der Waals surface area contributed by atoms with Gasteiger partial charge in [0.1, 0.15) is 11.2 Å². The fourth-order valence-electron chi connectivity index (χ4n) is 3.36. The summed E-state index contributed by atoms with van der Waals surface area (Å²) in [4.78, 5) is 23.8. The van der Waals surface area contributed by atoms with Crippen molar-refractivity contribution in [3.05, 3.63) is 91.6 Å². The Morgan fingerprint density at radius 3 is 1.50 bits per heavy atom. The molecule has 0 aliphatic rings. The SMILES string of the molecule is Cc1ccc2c(CCc3cc(=O)oc4cc(C)ccc34)cc(=O)oc2c1. The van der Waals surface area contributed by atoms with Crippen molar-refractivity contribution in [3.8, 4) is 0 Å². The molecule has 0 atom stereocenters. The molecule has 2 heterocycles. The summed E-state index contributed by atoms with van der Waals surface area (Å²) in [5, 5.41) is 1.86. The van der Waals surface area contributed by atoms with E-state index in [2.05, 4.69) is 0 Å². The standard InChI is InChI=1S/C22H18O4/c1-13-3-7-17-15(11-21(23)25-19(17)9-13)5-6-16-12-22(24)26-20-10-14(2)4-8-18(16)20/h3-4,7-12H,5-6H2,1-2H3. The Morgan fingerprint density at radius 1 is 0.654 bits per heavy atom. The highest BCUT2D eigenvalue weighted by Crippen LogP contribution is 2.23. The van der Waals surface area contributed by atoms with Gasteiger partial charge in [0.15, 0.2) is 0 Å². The first-order valence-corrected chi connectivity index (χ1v) is 8.56. The lowest BCUT2D eigenvalue weighted by atomic mass is 9.99. The molecule has 0 bridgehead atoms. The molecular formula is C22H18O4. The van der Waals surface area contributed by atoms with Crippen LogP contribution in [-0.2, 0) is 12.8 Å². The van der Waals surface area contributed by atoms with Crippen LogP contribution < -0.4 is 11.3 Å².